The highest BCUT2D eigenvalue weighted by molar-refractivity contribution is 5.89. The van der Waals surface area contributed by atoms with Crippen LogP contribution in [0.4, 0.5) is 4.79 Å². The molecular weight excluding hydrogens is 618 g/mol. The molecule has 0 fully saturated rings. The highest BCUT2D eigenvalue weighted by Crippen LogP contribution is 2.44. The largest absolute Gasteiger partial charge is 0.459 e. The Bertz CT molecular complexity index is 1360. The normalized spacial score (nSPS) is 12.6. The molecule has 0 spiro atoms. The van der Waals surface area contributed by atoms with Crippen LogP contribution in [-0.2, 0) is 23.9 Å². The number of hydrogen-bond acceptors (Lipinski definition) is 6. The van der Waals surface area contributed by atoms with Crippen LogP contribution in [0, 0.1) is 0 Å². The third-order valence-corrected chi connectivity index (χ3v) is 9.69. The maximum Gasteiger partial charge on any atom is 0.410 e. The highest BCUT2D eigenvalue weighted by atomic mass is 16.6. The van der Waals surface area contributed by atoms with Crippen LogP contribution in [-0.4, -0.2) is 88.5 Å². The second-order valence-corrected chi connectivity index (χ2v) is 14.0. The Kier molecular flexibility index (Phi) is 14.7. The number of ether oxygens (including phenoxy) is 2. The van der Waals surface area contributed by atoms with Crippen LogP contribution >= 0.6 is 0 Å². The molecule has 1 aliphatic carbocycles. The third kappa shape index (κ3) is 10.1. The van der Waals surface area contributed by atoms with Crippen molar-refractivity contribution in [3.05, 3.63) is 59.7 Å². The SMILES string of the molecule is CCC(CC)N(CC(=O)OC(C)(C)C)C(=O)CN(C(=O)CN(C(=O)OCC1c2ccccc2-c2ccccc21)C(CC)CC)C(CC)CC. The van der Waals surface area contributed by atoms with Crippen molar-refractivity contribution < 1.29 is 28.7 Å². The first-order chi connectivity index (χ1) is 23.3. The van der Waals surface area contributed by atoms with E-state index in [1.165, 1.54) is 4.90 Å². The lowest BCUT2D eigenvalue weighted by molar-refractivity contribution is -0.160. The molecule has 1 aliphatic rings. The molecule has 0 heterocycles. The summed E-state index contributed by atoms with van der Waals surface area (Å²) >= 11 is 0. The lowest BCUT2D eigenvalue weighted by Crippen LogP contribution is -2.54. The van der Waals surface area contributed by atoms with Crippen molar-refractivity contribution in [3.63, 3.8) is 0 Å². The summed E-state index contributed by atoms with van der Waals surface area (Å²) in [5.74, 6) is -1.21. The van der Waals surface area contributed by atoms with Crippen LogP contribution in [0.15, 0.2) is 48.5 Å². The molecular formula is C40H59N3O6. The first-order valence-electron chi connectivity index (χ1n) is 18.3. The van der Waals surface area contributed by atoms with Crippen molar-refractivity contribution in [2.75, 3.05) is 26.2 Å². The smallest absolute Gasteiger partial charge is 0.410 e. The van der Waals surface area contributed by atoms with Crippen LogP contribution in [0.25, 0.3) is 11.1 Å². The maximum atomic E-state index is 14.2. The number of hydrogen-bond donors (Lipinski definition) is 0. The van der Waals surface area contributed by atoms with E-state index in [-0.39, 0.29) is 62.1 Å². The highest BCUT2D eigenvalue weighted by Gasteiger charge is 2.35. The molecule has 0 saturated carbocycles. The van der Waals surface area contributed by atoms with Gasteiger partial charge in [-0.05, 0) is 81.5 Å². The average Bonchev–Trinajstić information content (AvgIpc) is 3.39. The van der Waals surface area contributed by atoms with E-state index in [2.05, 4.69) is 24.3 Å². The van der Waals surface area contributed by atoms with Crippen molar-refractivity contribution in [2.45, 2.75) is 130 Å². The molecule has 3 amide bonds. The van der Waals surface area contributed by atoms with E-state index in [9.17, 15) is 19.2 Å². The van der Waals surface area contributed by atoms with E-state index in [1.807, 2.05) is 65.8 Å². The van der Waals surface area contributed by atoms with Crippen LogP contribution in [0.5, 0.6) is 0 Å². The Morgan fingerprint density at radius 1 is 0.612 bits per heavy atom. The molecule has 49 heavy (non-hydrogen) atoms. The molecule has 0 aromatic heterocycles. The molecule has 9 heteroatoms. The van der Waals surface area contributed by atoms with Gasteiger partial charge < -0.3 is 19.3 Å². The molecule has 2 aromatic rings. The van der Waals surface area contributed by atoms with Gasteiger partial charge in [0.2, 0.25) is 11.8 Å². The number of esters is 1. The van der Waals surface area contributed by atoms with Gasteiger partial charge in [-0.25, -0.2) is 4.79 Å². The predicted molar refractivity (Wildman–Crippen MR) is 194 cm³/mol. The van der Waals surface area contributed by atoms with Crippen molar-refractivity contribution >= 4 is 23.9 Å². The van der Waals surface area contributed by atoms with E-state index < -0.39 is 17.7 Å². The Balaban J connectivity index is 1.84. The molecule has 0 unspecified atom stereocenters. The Labute approximate surface area is 294 Å². The number of amides is 3. The summed E-state index contributed by atoms with van der Waals surface area (Å²) in [5, 5.41) is 0. The van der Waals surface area contributed by atoms with Crippen molar-refractivity contribution in [1.29, 1.82) is 0 Å². The molecule has 270 valence electrons. The summed E-state index contributed by atoms with van der Waals surface area (Å²) in [7, 11) is 0. The minimum absolute atomic E-state index is 0.102. The van der Waals surface area contributed by atoms with Gasteiger partial charge in [0.15, 0.2) is 0 Å². The lowest BCUT2D eigenvalue weighted by atomic mass is 9.98. The number of nitrogens with zero attached hydrogens (tertiary/aromatic N) is 3. The number of carbonyl (C=O) groups excluding carboxylic acids is 4. The number of benzene rings is 2. The van der Waals surface area contributed by atoms with Gasteiger partial charge in [0.05, 0.1) is 0 Å². The summed E-state index contributed by atoms with van der Waals surface area (Å²) < 4.78 is 11.6. The maximum absolute atomic E-state index is 14.2. The van der Waals surface area contributed by atoms with Crippen LogP contribution in [0.3, 0.4) is 0 Å². The van der Waals surface area contributed by atoms with E-state index in [1.54, 1.807) is 30.6 Å². The van der Waals surface area contributed by atoms with Crippen molar-refractivity contribution in [1.82, 2.24) is 14.7 Å². The Hall–Kier alpha value is -3.88. The van der Waals surface area contributed by atoms with Crippen LogP contribution in [0.2, 0.25) is 0 Å². The van der Waals surface area contributed by atoms with Gasteiger partial charge in [-0.15, -0.1) is 0 Å². The zero-order valence-corrected chi connectivity index (χ0v) is 31.3. The third-order valence-electron chi connectivity index (χ3n) is 9.69. The van der Waals surface area contributed by atoms with Gasteiger partial charge in [0.25, 0.3) is 0 Å². The van der Waals surface area contributed by atoms with Crippen molar-refractivity contribution in [3.8, 4) is 11.1 Å². The standard InChI is InChI=1S/C40H59N3O6/c1-10-28(11-2)41(24-36(44)42(29(12-3)13-4)26-38(46)49-40(7,8)9)37(45)25-43(30(14-5)15-6)39(47)48-27-35-33-22-18-16-20-31(33)32-21-17-19-23-34(32)35/h16-23,28-30,35H,10-15,24-27H2,1-9H3. The molecule has 2 aromatic carbocycles. The van der Waals surface area contributed by atoms with Gasteiger partial charge in [0.1, 0.15) is 31.8 Å². The fourth-order valence-corrected chi connectivity index (χ4v) is 7.04. The van der Waals surface area contributed by atoms with Gasteiger partial charge >= 0.3 is 12.1 Å². The van der Waals surface area contributed by atoms with Gasteiger partial charge in [-0.1, -0.05) is 90.1 Å². The predicted octanol–water partition coefficient (Wildman–Crippen LogP) is 7.80. The van der Waals surface area contributed by atoms with E-state index in [0.717, 1.165) is 22.3 Å². The fourth-order valence-electron chi connectivity index (χ4n) is 7.04. The summed E-state index contributed by atoms with van der Waals surface area (Å²) in [6.07, 6.45) is 3.36. The second-order valence-electron chi connectivity index (χ2n) is 14.0. The Morgan fingerprint density at radius 3 is 1.43 bits per heavy atom. The van der Waals surface area contributed by atoms with Crippen molar-refractivity contribution in [2.24, 2.45) is 0 Å². The summed E-state index contributed by atoms with van der Waals surface area (Å²) in [6.45, 7) is 16.9. The minimum atomic E-state index is -0.686. The van der Waals surface area contributed by atoms with Crippen LogP contribution < -0.4 is 0 Å². The first kappa shape index (κ1) is 39.6. The number of fused-ring (bicyclic) bond motifs is 3. The first-order valence-corrected chi connectivity index (χ1v) is 18.3. The van der Waals surface area contributed by atoms with Gasteiger partial charge in [-0.3, -0.25) is 19.3 Å². The summed E-state index contributed by atoms with van der Waals surface area (Å²) in [5.41, 5.74) is 3.84. The average molecular weight is 678 g/mol. The van der Waals surface area contributed by atoms with E-state index in [4.69, 9.17) is 9.47 Å². The zero-order chi connectivity index (χ0) is 36.3. The molecule has 0 atom stereocenters. The molecule has 0 radical (unpaired) electrons. The van der Waals surface area contributed by atoms with Gasteiger partial charge in [-0.2, -0.15) is 0 Å². The van der Waals surface area contributed by atoms with E-state index in [0.29, 0.717) is 38.5 Å². The molecule has 0 N–H and O–H groups in total. The molecule has 3 rings (SSSR count). The fraction of sp³-hybridized carbons (Fsp3) is 0.600. The molecule has 0 saturated heterocycles. The van der Waals surface area contributed by atoms with Crippen LogP contribution in [0.1, 0.15) is 118 Å². The molecule has 0 bridgehead atoms. The monoisotopic (exact) mass is 677 g/mol. The van der Waals surface area contributed by atoms with E-state index >= 15 is 0 Å². The lowest BCUT2D eigenvalue weighted by Gasteiger charge is -2.37. The number of rotatable bonds is 17. The minimum Gasteiger partial charge on any atom is -0.459 e. The quantitative estimate of drug-likeness (QED) is 0.159. The second kappa shape index (κ2) is 18.2. The molecule has 0 aliphatic heterocycles. The topological polar surface area (TPSA) is 96.5 Å². The zero-order valence-electron chi connectivity index (χ0n) is 31.3. The summed E-state index contributed by atoms with van der Waals surface area (Å²) in [4.78, 5) is 59.7. The van der Waals surface area contributed by atoms with Gasteiger partial charge in [0, 0.05) is 24.0 Å². The summed E-state index contributed by atoms with van der Waals surface area (Å²) in [6, 6.07) is 15.8. The molecule has 9 nitrogen and oxygen atoms in total. The Morgan fingerprint density at radius 2 is 1.00 bits per heavy atom. The number of carbonyl (C=O) groups is 4.